The summed E-state index contributed by atoms with van der Waals surface area (Å²) in [7, 11) is 3.85. The van der Waals surface area contributed by atoms with Crippen molar-refractivity contribution in [3.8, 4) is 11.3 Å². The molecule has 0 radical (unpaired) electrons. The van der Waals surface area contributed by atoms with Crippen LogP contribution in [0.4, 0.5) is 0 Å². The summed E-state index contributed by atoms with van der Waals surface area (Å²) in [6, 6.07) is 10.2. The minimum Gasteiger partial charge on any atom is -0.357 e. The average Bonchev–Trinajstić information content (AvgIpc) is 3.28. The molecule has 0 amide bonds. The van der Waals surface area contributed by atoms with Crippen molar-refractivity contribution >= 4 is 5.96 Å². The highest BCUT2D eigenvalue weighted by molar-refractivity contribution is 5.79. The molecule has 0 unspecified atom stereocenters. The molecule has 1 aromatic carbocycles. The van der Waals surface area contributed by atoms with Gasteiger partial charge in [-0.1, -0.05) is 30.3 Å². The van der Waals surface area contributed by atoms with E-state index in [-0.39, 0.29) is 0 Å². The van der Waals surface area contributed by atoms with E-state index in [2.05, 4.69) is 42.5 Å². The molecule has 0 atom stereocenters. The molecule has 2 aromatic heterocycles. The molecule has 3 rings (SSSR count). The molecule has 0 saturated carbocycles. The second-order valence-corrected chi connectivity index (χ2v) is 5.94. The van der Waals surface area contributed by atoms with Crippen LogP contribution < -0.4 is 5.32 Å². The lowest BCUT2D eigenvalue weighted by Gasteiger charge is -2.20. The van der Waals surface area contributed by atoms with E-state index in [0.29, 0.717) is 13.1 Å². The number of aromatic nitrogens is 5. The van der Waals surface area contributed by atoms with Crippen LogP contribution in [0.1, 0.15) is 18.6 Å². The number of H-pyrrole nitrogens is 1. The zero-order valence-corrected chi connectivity index (χ0v) is 15.3. The number of hydrogen-bond acceptors (Lipinski definition) is 4. The Morgan fingerprint density at radius 3 is 2.77 bits per heavy atom. The molecule has 0 bridgehead atoms. The third kappa shape index (κ3) is 4.27. The maximum absolute atomic E-state index is 4.64. The van der Waals surface area contributed by atoms with E-state index < -0.39 is 0 Å². The molecule has 136 valence electrons. The van der Waals surface area contributed by atoms with Crippen molar-refractivity contribution in [1.29, 1.82) is 0 Å². The van der Waals surface area contributed by atoms with E-state index in [1.165, 1.54) is 6.33 Å². The summed E-state index contributed by atoms with van der Waals surface area (Å²) in [6.45, 7) is 3.93. The van der Waals surface area contributed by atoms with Gasteiger partial charge in [0.1, 0.15) is 24.5 Å². The van der Waals surface area contributed by atoms with Gasteiger partial charge in [-0.05, 0) is 12.5 Å². The Bertz CT molecular complexity index is 849. The molecular weight excluding hydrogens is 328 g/mol. The molecule has 8 heteroatoms. The van der Waals surface area contributed by atoms with Crippen LogP contribution in [0, 0.1) is 0 Å². The van der Waals surface area contributed by atoms with Crippen LogP contribution in [0.3, 0.4) is 0 Å². The number of aromatic amines is 1. The fraction of sp³-hybridized carbons (Fsp3) is 0.333. The third-order valence-electron chi connectivity index (χ3n) is 3.97. The van der Waals surface area contributed by atoms with Gasteiger partial charge in [0.05, 0.1) is 18.4 Å². The van der Waals surface area contributed by atoms with Crippen molar-refractivity contribution in [1.82, 2.24) is 34.9 Å². The van der Waals surface area contributed by atoms with Crippen molar-refractivity contribution in [2.45, 2.75) is 20.0 Å². The van der Waals surface area contributed by atoms with E-state index in [1.807, 2.05) is 50.3 Å². The highest BCUT2D eigenvalue weighted by Crippen LogP contribution is 2.16. The maximum atomic E-state index is 4.64. The summed E-state index contributed by atoms with van der Waals surface area (Å²) >= 11 is 0. The lowest BCUT2D eigenvalue weighted by molar-refractivity contribution is 0.463. The Balaban J connectivity index is 1.69. The first-order valence-electron chi connectivity index (χ1n) is 8.59. The molecule has 2 heterocycles. The number of benzene rings is 1. The number of nitrogens with one attached hydrogen (secondary N) is 2. The zero-order valence-electron chi connectivity index (χ0n) is 15.3. The molecular formula is C18H24N8. The van der Waals surface area contributed by atoms with Gasteiger partial charge < -0.3 is 15.2 Å². The molecule has 0 aliphatic carbocycles. The molecule has 2 N–H and O–H groups in total. The first-order chi connectivity index (χ1) is 12.7. The highest BCUT2D eigenvalue weighted by atomic mass is 15.3. The number of rotatable bonds is 6. The van der Waals surface area contributed by atoms with Crippen LogP contribution in [0.25, 0.3) is 11.3 Å². The largest absolute Gasteiger partial charge is 0.357 e. The van der Waals surface area contributed by atoms with Gasteiger partial charge in [0.15, 0.2) is 5.96 Å². The molecule has 0 aliphatic heterocycles. The van der Waals surface area contributed by atoms with Gasteiger partial charge in [-0.3, -0.25) is 4.68 Å². The van der Waals surface area contributed by atoms with Crippen molar-refractivity contribution in [3.63, 3.8) is 0 Å². The van der Waals surface area contributed by atoms with Crippen LogP contribution in [-0.2, 0) is 20.1 Å². The zero-order chi connectivity index (χ0) is 18.4. The molecule has 0 spiro atoms. The number of nitrogens with zero attached hydrogens (tertiary/aromatic N) is 6. The van der Waals surface area contributed by atoms with E-state index in [9.17, 15) is 0 Å². The summed E-state index contributed by atoms with van der Waals surface area (Å²) in [4.78, 5) is 18.8. The Morgan fingerprint density at radius 2 is 2.08 bits per heavy atom. The standard InChI is InChI=1S/C18H24N8/c1-4-19-18(21-11-17-22-13-23-26(17)3)25(2)12-16-20-10-15(24-16)14-8-6-5-7-9-14/h5-10,13H,4,11-12H2,1-3H3,(H,19,21)(H,20,24). The number of aliphatic imine (C=N–C) groups is 1. The predicted octanol–water partition coefficient (Wildman–Crippen LogP) is 1.80. The molecule has 3 aromatic rings. The van der Waals surface area contributed by atoms with Gasteiger partial charge in [0.25, 0.3) is 0 Å². The van der Waals surface area contributed by atoms with Gasteiger partial charge in [0.2, 0.25) is 0 Å². The van der Waals surface area contributed by atoms with Crippen molar-refractivity contribution in [2.24, 2.45) is 12.0 Å². The maximum Gasteiger partial charge on any atom is 0.194 e. The van der Waals surface area contributed by atoms with Gasteiger partial charge in [-0.2, -0.15) is 5.10 Å². The molecule has 0 aliphatic rings. The van der Waals surface area contributed by atoms with Crippen LogP contribution in [0.5, 0.6) is 0 Å². The summed E-state index contributed by atoms with van der Waals surface area (Å²) < 4.78 is 1.73. The van der Waals surface area contributed by atoms with E-state index in [4.69, 9.17) is 0 Å². The average molecular weight is 352 g/mol. The van der Waals surface area contributed by atoms with Crippen molar-refractivity contribution in [2.75, 3.05) is 13.6 Å². The summed E-state index contributed by atoms with van der Waals surface area (Å²) in [5.41, 5.74) is 2.13. The Kier molecular flexibility index (Phi) is 5.62. The first-order valence-corrected chi connectivity index (χ1v) is 8.59. The SMILES string of the molecule is CCNC(=NCc1ncnn1C)N(C)Cc1ncc(-c2ccccc2)[nH]1. The summed E-state index contributed by atoms with van der Waals surface area (Å²) in [6.07, 6.45) is 3.40. The van der Waals surface area contributed by atoms with E-state index in [0.717, 1.165) is 35.4 Å². The smallest absolute Gasteiger partial charge is 0.194 e. The van der Waals surface area contributed by atoms with E-state index >= 15 is 0 Å². The Hall–Kier alpha value is -3.16. The lowest BCUT2D eigenvalue weighted by Crippen LogP contribution is -2.38. The van der Waals surface area contributed by atoms with Crippen LogP contribution in [-0.4, -0.2) is 49.2 Å². The number of guanidine groups is 1. The van der Waals surface area contributed by atoms with E-state index in [1.54, 1.807) is 4.68 Å². The van der Waals surface area contributed by atoms with Crippen molar-refractivity contribution < 1.29 is 0 Å². The fourth-order valence-electron chi connectivity index (χ4n) is 2.59. The van der Waals surface area contributed by atoms with Crippen LogP contribution in [0.15, 0.2) is 47.8 Å². The molecule has 0 saturated heterocycles. The summed E-state index contributed by atoms with van der Waals surface area (Å²) in [5, 5.41) is 7.37. The minimum atomic E-state index is 0.469. The fourth-order valence-corrected chi connectivity index (χ4v) is 2.59. The topological polar surface area (TPSA) is 87.0 Å². The Morgan fingerprint density at radius 1 is 1.27 bits per heavy atom. The molecule has 26 heavy (non-hydrogen) atoms. The van der Waals surface area contributed by atoms with Crippen molar-refractivity contribution in [3.05, 3.63) is 54.5 Å². The number of hydrogen-bond donors (Lipinski definition) is 2. The number of imidazole rings is 1. The van der Waals surface area contributed by atoms with Gasteiger partial charge in [-0.15, -0.1) is 0 Å². The number of aryl methyl sites for hydroxylation is 1. The van der Waals surface area contributed by atoms with Gasteiger partial charge in [0, 0.05) is 20.6 Å². The predicted molar refractivity (Wildman–Crippen MR) is 101 cm³/mol. The third-order valence-corrected chi connectivity index (χ3v) is 3.97. The Labute approximate surface area is 153 Å². The van der Waals surface area contributed by atoms with Gasteiger partial charge >= 0.3 is 0 Å². The molecule has 8 nitrogen and oxygen atoms in total. The van der Waals surface area contributed by atoms with Crippen LogP contribution in [0.2, 0.25) is 0 Å². The lowest BCUT2D eigenvalue weighted by atomic mass is 10.2. The quantitative estimate of drug-likeness (QED) is 0.522. The monoisotopic (exact) mass is 352 g/mol. The second-order valence-electron chi connectivity index (χ2n) is 5.94. The second kappa shape index (κ2) is 8.28. The summed E-state index contributed by atoms with van der Waals surface area (Å²) in [5.74, 6) is 2.50. The molecule has 0 fully saturated rings. The first kappa shape index (κ1) is 17.7. The van der Waals surface area contributed by atoms with Crippen LogP contribution >= 0.6 is 0 Å². The highest BCUT2D eigenvalue weighted by Gasteiger charge is 2.10. The minimum absolute atomic E-state index is 0.469. The normalized spacial score (nSPS) is 11.6. The van der Waals surface area contributed by atoms with Gasteiger partial charge in [-0.25, -0.2) is 15.0 Å².